The Morgan fingerprint density at radius 1 is 0.364 bits per heavy atom. The second kappa shape index (κ2) is 9.82. The molecule has 0 bridgehead atoms. The molecule has 6 aromatic carbocycles. The van der Waals surface area contributed by atoms with Gasteiger partial charge in [0.25, 0.3) is 0 Å². The fourth-order valence-corrected chi connectivity index (χ4v) is 6.87. The molecule has 206 valence electrons. The lowest BCUT2D eigenvalue weighted by atomic mass is 10.00. The first-order valence-electron chi connectivity index (χ1n) is 15.0. The van der Waals surface area contributed by atoms with Gasteiger partial charge in [0, 0.05) is 44.7 Å². The highest BCUT2D eigenvalue weighted by atomic mass is 15.0. The van der Waals surface area contributed by atoms with Crippen molar-refractivity contribution in [3.05, 3.63) is 164 Å². The molecule has 0 aliphatic rings. The lowest BCUT2D eigenvalue weighted by Gasteiger charge is -2.14. The fourth-order valence-electron chi connectivity index (χ4n) is 6.87. The standard InChI is InChI=1S/C41H27N3/c1-3-13-28(14-4-1)29-25-30(35-19-11-12-24-42-35)27-32(26-29)44-37-21-10-8-18-34(37)41-39(44)23-22-38-40(41)33-17-7-9-20-36(33)43(38)31-15-5-2-6-16-31/h1-27H. The molecule has 0 aliphatic carbocycles. The molecule has 0 aliphatic heterocycles. The van der Waals surface area contributed by atoms with Gasteiger partial charge in [0.2, 0.25) is 0 Å². The van der Waals surface area contributed by atoms with E-state index in [1.54, 1.807) is 0 Å². The van der Waals surface area contributed by atoms with Crippen LogP contribution >= 0.6 is 0 Å². The average molecular weight is 562 g/mol. The lowest BCUT2D eigenvalue weighted by molar-refractivity contribution is 1.17. The molecule has 0 unspecified atom stereocenters. The van der Waals surface area contributed by atoms with Gasteiger partial charge in [-0.15, -0.1) is 0 Å². The minimum absolute atomic E-state index is 0.959. The molecule has 0 atom stereocenters. The van der Waals surface area contributed by atoms with Crippen molar-refractivity contribution in [2.75, 3.05) is 0 Å². The molecule has 9 rings (SSSR count). The molecule has 44 heavy (non-hydrogen) atoms. The van der Waals surface area contributed by atoms with Crippen LogP contribution in [0.4, 0.5) is 0 Å². The normalized spacial score (nSPS) is 11.6. The number of benzene rings is 6. The van der Waals surface area contributed by atoms with E-state index in [1.807, 2.05) is 12.3 Å². The van der Waals surface area contributed by atoms with Crippen molar-refractivity contribution in [2.24, 2.45) is 0 Å². The molecular formula is C41H27N3. The number of fused-ring (bicyclic) bond motifs is 7. The van der Waals surface area contributed by atoms with E-state index in [-0.39, 0.29) is 0 Å². The zero-order chi connectivity index (χ0) is 29.0. The van der Waals surface area contributed by atoms with Crippen LogP contribution in [0, 0.1) is 0 Å². The second-order valence-electron chi connectivity index (χ2n) is 11.2. The summed E-state index contributed by atoms with van der Waals surface area (Å²) in [6.07, 6.45) is 1.86. The number of hydrogen-bond acceptors (Lipinski definition) is 1. The monoisotopic (exact) mass is 561 g/mol. The number of para-hydroxylation sites is 3. The Hall–Kier alpha value is -5.93. The highest BCUT2D eigenvalue weighted by Crippen LogP contribution is 2.43. The maximum Gasteiger partial charge on any atom is 0.0702 e. The summed E-state index contributed by atoms with van der Waals surface area (Å²) in [5.41, 5.74) is 11.5. The van der Waals surface area contributed by atoms with Crippen molar-refractivity contribution in [1.29, 1.82) is 0 Å². The number of hydrogen-bond donors (Lipinski definition) is 0. The molecule has 0 radical (unpaired) electrons. The Bertz CT molecular complexity index is 2410. The van der Waals surface area contributed by atoms with Gasteiger partial charge in [0.15, 0.2) is 0 Å². The number of aromatic nitrogens is 3. The van der Waals surface area contributed by atoms with Crippen molar-refractivity contribution < 1.29 is 0 Å². The predicted molar refractivity (Wildman–Crippen MR) is 184 cm³/mol. The molecule has 3 aromatic heterocycles. The Balaban J connectivity index is 1.41. The predicted octanol–water partition coefficient (Wildman–Crippen LogP) is 10.6. The van der Waals surface area contributed by atoms with Crippen molar-refractivity contribution in [3.63, 3.8) is 0 Å². The van der Waals surface area contributed by atoms with Gasteiger partial charge in [-0.05, 0) is 77.9 Å². The topological polar surface area (TPSA) is 22.8 Å². The van der Waals surface area contributed by atoms with Crippen LogP contribution in [-0.2, 0) is 0 Å². The van der Waals surface area contributed by atoms with Crippen LogP contribution in [0.1, 0.15) is 0 Å². The van der Waals surface area contributed by atoms with E-state index >= 15 is 0 Å². The zero-order valence-corrected chi connectivity index (χ0v) is 23.9. The third-order valence-electron chi connectivity index (χ3n) is 8.73. The van der Waals surface area contributed by atoms with Gasteiger partial charge in [-0.3, -0.25) is 4.98 Å². The second-order valence-corrected chi connectivity index (χ2v) is 11.2. The third-order valence-corrected chi connectivity index (χ3v) is 8.73. The quantitative estimate of drug-likeness (QED) is 0.210. The van der Waals surface area contributed by atoms with Crippen LogP contribution in [-0.4, -0.2) is 14.1 Å². The van der Waals surface area contributed by atoms with Crippen molar-refractivity contribution >= 4 is 43.6 Å². The summed E-state index contributed by atoms with van der Waals surface area (Å²) >= 11 is 0. The summed E-state index contributed by atoms with van der Waals surface area (Å²) in [6.45, 7) is 0. The summed E-state index contributed by atoms with van der Waals surface area (Å²) in [5, 5.41) is 5.05. The van der Waals surface area contributed by atoms with Gasteiger partial charge in [0.05, 0.1) is 27.8 Å². The first-order chi connectivity index (χ1) is 21.8. The van der Waals surface area contributed by atoms with Crippen molar-refractivity contribution in [1.82, 2.24) is 14.1 Å². The largest absolute Gasteiger partial charge is 0.309 e. The van der Waals surface area contributed by atoms with Gasteiger partial charge in [-0.25, -0.2) is 0 Å². The summed E-state index contributed by atoms with van der Waals surface area (Å²) in [7, 11) is 0. The Morgan fingerprint density at radius 3 is 1.55 bits per heavy atom. The van der Waals surface area contributed by atoms with Crippen LogP contribution in [0.2, 0.25) is 0 Å². The molecule has 0 amide bonds. The number of nitrogens with zero attached hydrogens (tertiary/aromatic N) is 3. The van der Waals surface area contributed by atoms with Crippen LogP contribution in [0.5, 0.6) is 0 Å². The summed E-state index contributed by atoms with van der Waals surface area (Å²) in [6, 6.07) is 56.4. The van der Waals surface area contributed by atoms with Gasteiger partial charge in [-0.1, -0.05) is 91.0 Å². The Kier molecular flexibility index (Phi) is 5.50. The van der Waals surface area contributed by atoms with Crippen LogP contribution in [0.15, 0.2) is 164 Å². The first kappa shape index (κ1) is 24.6. The number of pyridine rings is 1. The third kappa shape index (κ3) is 3.73. The highest BCUT2D eigenvalue weighted by Gasteiger charge is 2.21. The molecule has 0 N–H and O–H groups in total. The maximum absolute atomic E-state index is 4.73. The van der Waals surface area contributed by atoms with E-state index in [2.05, 4.69) is 161 Å². The molecule has 3 nitrogen and oxygen atoms in total. The minimum atomic E-state index is 0.959. The van der Waals surface area contributed by atoms with Gasteiger partial charge in [0.1, 0.15) is 0 Å². The Morgan fingerprint density at radius 2 is 0.909 bits per heavy atom. The van der Waals surface area contributed by atoms with E-state index in [4.69, 9.17) is 4.98 Å². The number of rotatable bonds is 4. The smallest absolute Gasteiger partial charge is 0.0702 e. The maximum atomic E-state index is 4.73. The minimum Gasteiger partial charge on any atom is -0.309 e. The van der Waals surface area contributed by atoms with Crippen LogP contribution in [0.3, 0.4) is 0 Å². The first-order valence-corrected chi connectivity index (χ1v) is 15.0. The SMILES string of the molecule is c1ccc(-c2cc(-c3ccccn3)cc(-n3c4ccccc4c4c5c6ccccc6n(-c6ccccc6)c5ccc43)c2)cc1. The molecular weight excluding hydrogens is 534 g/mol. The summed E-state index contributed by atoms with van der Waals surface area (Å²) < 4.78 is 4.82. The molecule has 3 heterocycles. The van der Waals surface area contributed by atoms with E-state index in [0.29, 0.717) is 0 Å². The highest BCUT2D eigenvalue weighted by molar-refractivity contribution is 6.28. The van der Waals surface area contributed by atoms with E-state index in [9.17, 15) is 0 Å². The van der Waals surface area contributed by atoms with Gasteiger partial charge >= 0.3 is 0 Å². The molecule has 0 saturated carbocycles. The Labute approximate surface area is 254 Å². The summed E-state index contributed by atoms with van der Waals surface area (Å²) in [4.78, 5) is 4.73. The van der Waals surface area contributed by atoms with Gasteiger partial charge < -0.3 is 9.13 Å². The molecule has 3 heteroatoms. The fraction of sp³-hybridized carbons (Fsp3) is 0. The summed E-state index contributed by atoms with van der Waals surface area (Å²) in [5.74, 6) is 0. The van der Waals surface area contributed by atoms with E-state index in [1.165, 1.54) is 49.2 Å². The van der Waals surface area contributed by atoms with E-state index < -0.39 is 0 Å². The van der Waals surface area contributed by atoms with E-state index in [0.717, 1.165) is 28.2 Å². The average Bonchev–Trinajstić information content (AvgIpc) is 3.62. The molecule has 0 saturated heterocycles. The van der Waals surface area contributed by atoms with Gasteiger partial charge in [-0.2, -0.15) is 0 Å². The molecule has 0 spiro atoms. The van der Waals surface area contributed by atoms with Crippen LogP contribution < -0.4 is 0 Å². The lowest BCUT2D eigenvalue weighted by Crippen LogP contribution is -1.97. The molecule has 0 fully saturated rings. The molecule has 9 aromatic rings. The van der Waals surface area contributed by atoms with Crippen molar-refractivity contribution in [3.8, 4) is 33.8 Å². The van der Waals surface area contributed by atoms with Crippen LogP contribution in [0.25, 0.3) is 77.4 Å². The zero-order valence-electron chi connectivity index (χ0n) is 23.9. The van der Waals surface area contributed by atoms with Crippen molar-refractivity contribution in [2.45, 2.75) is 0 Å².